The molecule has 0 aliphatic heterocycles. The average Bonchev–Trinajstić information content (AvgIpc) is 2.64. The summed E-state index contributed by atoms with van der Waals surface area (Å²) in [5, 5.41) is 0. The lowest BCUT2D eigenvalue weighted by Gasteiger charge is -1.89. The van der Waals surface area contributed by atoms with Crippen molar-refractivity contribution in [2.45, 2.75) is 6.42 Å². The Hall–Kier alpha value is -1.08. The third kappa shape index (κ3) is 1.00. The van der Waals surface area contributed by atoms with E-state index in [1.165, 1.54) is 7.11 Å². The monoisotopic (exact) mass is 126 g/mol. The molecule has 0 saturated heterocycles. The molecule has 0 aromatic carbocycles. The fourth-order valence-electron chi connectivity index (χ4n) is 0.642. The number of esters is 1. The summed E-state index contributed by atoms with van der Waals surface area (Å²) < 4.78 is 4.37. The van der Waals surface area contributed by atoms with Crippen LogP contribution in [0.2, 0.25) is 0 Å². The van der Waals surface area contributed by atoms with Crippen molar-refractivity contribution in [1.29, 1.82) is 0 Å². The molecule has 0 spiro atoms. The fraction of sp³-hybridized carbons (Fsp3) is 0.500. The van der Waals surface area contributed by atoms with E-state index in [1.54, 1.807) is 5.94 Å². The predicted octanol–water partition coefficient (Wildman–Crippen LogP) is -0.0627. The van der Waals surface area contributed by atoms with Crippen molar-refractivity contribution >= 4 is 11.9 Å². The molecule has 0 N–H and O–H groups in total. The number of hydrogen-bond donors (Lipinski definition) is 0. The van der Waals surface area contributed by atoms with Gasteiger partial charge in [-0.1, -0.05) is 0 Å². The first-order chi connectivity index (χ1) is 4.29. The van der Waals surface area contributed by atoms with Crippen LogP contribution in [0.3, 0.4) is 0 Å². The molecule has 1 saturated carbocycles. The molecule has 0 aromatic heterocycles. The largest absolute Gasteiger partial charge is 0.469 e. The van der Waals surface area contributed by atoms with Crippen molar-refractivity contribution in [2.24, 2.45) is 5.92 Å². The van der Waals surface area contributed by atoms with Gasteiger partial charge in [-0.15, -0.1) is 0 Å². The first-order valence-corrected chi connectivity index (χ1v) is 2.61. The van der Waals surface area contributed by atoms with Crippen molar-refractivity contribution < 1.29 is 14.3 Å². The van der Waals surface area contributed by atoms with Gasteiger partial charge in [-0.25, -0.2) is 4.79 Å². The second kappa shape index (κ2) is 2.03. The molecule has 3 nitrogen and oxygen atoms in total. The van der Waals surface area contributed by atoms with E-state index >= 15 is 0 Å². The third-order valence-corrected chi connectivity index (χ3v) is 1.30. The van der Waals surface area contributed by atoms with Gasteiger partial charge in [0.2, 0.25) is 0 Å². The van der Waals surface area contributed by atoms with Crippen molar-refractivity contribution in [1.82, 2.24) is 0 Å². The van der Waals surface area contributed by atoms with Crippen LogP contribution in [0.25, 0.3) is 0 Å². The summed E-state index contributed by atoms with van der Waals surface area (Å²) in [6, 6.07) is 0. The summed E-state index contributed by atoms with van der Waals surface area (Å²) in [5.41, 5.74) is 0.529. The van der Waals surface area contributed by atoms with E-state index in [-0.39, 0.29) is 11.9 Å². The number of carbonyl (C=O) groups is 1. The Morgan fingerprint density at radius 3 is 2.89 bits per heavy atom. The molecule has 48 valence electrons. The molecule has 0 heterocycles. The number of hydrogen-bond acceptors (Lipinski definition) is 3. The zero-order valence-corrected chi connectivity index (χ0v) is 5.01. The maximum atomic E-state index is 10.5. The minimum atomic E-state index is -0.326. The molecule has 0 radical (unpaired) electrons. The molecule has 1 fully saturated rings. The van der Waals surface area contributed by atoms with Crippen LogP contribution in [-0.2, 0) is 14.3 Å². The second-order valence-electron chi connectivity index (χ2n) is 1.91. The number of rotatable bonds is 1. The Kier molecular flexibility index (Phi) is 1.37. The van der Waals surface area contributed by atoms with Gasteiger partial charge in [0.25, 0.3) is 0 Å². The molecule has 0 aromatic rings. The van der Waals surface area contributed by atoms with Crippen LogP contribution in [0.5, 0.6) is 0 Å². The number of methoxy groups -OCH3 is 1. The number of ether oxygens (including phenoxy) is 1. The van der Waals surface area contributed by atoms with E-state index in [4.69, 9.17) is 0 Å². The van der Waals surface area contributed by atoms with E-state index in [0.29, 0.717) is 12.0 Å². The maximum Gasteiger partial charge on any atom is 0.313 e. The predicted molar refractivity (Wildman–Crippen MR) is 29.3 cm³/mol. The summed E-state index contributed by atoms with van der Waals surface area (Å²) in [7, 11) is 1.31. The number of carbonyl (C=O) groups excluding carboxylic acids is 2. The topological polar surface area (TPSA) is 43.4 Å². The molecule has 0 amide bonds. The van der Waals surface area contributed by atoms with Gasteiger partial charge in [0, 0.05) is 5.57 Å². The Labute approximate surface area is 52.3 Å². The molecule has 0 bridgehead atoms. The van der Waals surface area contributed by atoms with Crippen LogP contribution in [0.4, 0.5) is 0 Å². The van der Waals surface area contributed by atoms with Gasteiger partial charge < -0.3 is 4.74 Å². The summed E-state index contributed by atoms with van der Waals surface area (Å²) in [4.78, 5) is 20.3. The minimum Gasteiger partial charge on any atom is -0.469 e. The van der Waals surface area contributed by atoms with Gasteiger partial charge in [-0.3, -0.25) is 4.79 Å². The molecule has 3 heteroatoms. The summed E-state index contributed by atoms with van der Waals surface area (Å²) in [5.74, 6) is 1.07. The van der Waals surface area contributed by atoms with E-state index in [2.05, 4.69) is 4.74 Å². The highest BCUT2D eigenvalue weighted by atomic mass is 16.5. The van der Waals surface area contributed by atoms with Crippen molar-refractivity contribution in [3.8, 4) is 0 Å². The van der Waals surface area contributed by atoms with Gasteiger partial charge in [-0.05, 0) is 6.42 Å². The summed E-state index contributed by atoms with van der Waals surface area (Å²) >= 11 is 0. The smallest absolute Gasteiger partial charge is 0.313 e. The van der Waals surface area contributed by atoms with E-state index in [1.807, 2.05) is 0 Å². The van der Waals surface area contributed by atoms with E-state index in [0.717, 1.165) is 0 Å². The highest BCUT2D eigenvalue weighted by Gasteiger charge is 2.39. The molecule has 9 heavy (non-hydrogen) atoms. The minimum absolute atomic E-state index is 0.271. The van der Waals surface area contributed by atoms with E-state index < -0.39 is 0 Å². The lowest BCUT2D eigenvalue weighted by atomic mass is 10.4. The Morgan fingerprint density at radius 1 is 1.89 bits per heavy atom. The summed E-state index contributed by atoms with van der Waals surface area (Å²) in [6.07, 6.45) is 0.538. The fourth-order valence-corrected chi connectivity index (χ4v) is 0.642. The normalized spacial score (nSPS) is 22.8. The maximum absolute atomic E-state index is 10.5. The first kappa shape index (κ1) is 6.05. The van der Waals surface area contributed by atoms with Crippen molar-refractivity contribution in [3.05, 3.63) is 5.57 Å². The van der Waals surface area contributed by atoms with Gasteiger partial charge in [0.15, 0.2) is 0 Å². The van der Waals surface area contributed by atoms with Crippen molar-refractivity contribution in [2.75, 3.05) is 7.11 Å². The van der Waals surface area contributed by atoms with Gasteiger partial charge >= 0.3 is 5.97 Å². The molecule has 1 aliphatic carbocycles. The SMILES string of the molecule is COC(=O)C1CC1=C=O. The molecule has 1 unspecified atom stereocenters. The lowest BCUT2D eigenvalue weighted by Crippen LogP contribution is -2.01. The first-order valence-electron chi connectivity index (χ1n) is 2.61. The highest BCUT2D eigenvalue weighted by Crippen LogP contribution is 2.35. The second-order valence-corrected chi connectivity index (χ2v) is 1.91. The van der Waals surface area contributed by atoms with E-state index in [9.17, 15) is 9.59 Å². The van der Waals surface area contributed by atoms with Gasteiger partial charge in [0.1, 0.15) is 5.94 Å². The average molecular weight is 126 g/mol. The Morgan fingerprint density at radius 2 is 2.56 bits per heavy atom. The molecule has 1 atom stereocenters. The summed E-state index contributed by atoms with van der Waals surface area (Å²) in [6.45, 7) is 0. The van der Waals surface area contributed by atoms with Crippen LogP contribution in [-0.4, -0.2) is 19.0 Å². The van der Waals surface area contributed by atoms with Crippen LogP contribution < -0.4 is 0 Å². The zero-order chi connectivity index (χ0) is 6.85. The van der Waals surface area contributed by atoms with Crippen LogP contribution in [0, 0.1) is 5.92 Å². The van der Waals surface area contributed by atoms with Crippen LogP contribution >= 0.6 is 0 Å². The van der Waals surface area contributed by atoms with Crippen LogP contribution in [0.15, 0.2) is 5.57 Å². The van der Waals surface area contributed by atoms with Gasteiger partial charge in [0.05, 0.1) is 13.0 Å². The lowest BCUT2D eigenvalue weighted by molar-refractivity contribution is -0.141. The molecular formula is C6H6O3. The zero-order valence-electron chi connectivity index (χ0n) is 5.01. The molecule has 1 rings (SSSR count). The molecular weight excluding hydrogens is 120 g/mol. The quantitative estimate of drug-likeness (QED) is 0.365. The Bertz CT molecular complexity index is 188. The highest BCUT2D eigenvalue weighted by molar-refractivity contribution is 5.85. The standard InChI is InChI=1S/C6H6O3/c1-9-6(8)5-2-4(5)3-7/h5H,2H2,1H3. The third-order valence-electron chi connectivity index (χ3n) is 1.30. The van der Waals surface area contributed by atoms with Crippen molar-refractivity contribution in [3.63, 3.8) is 0 Å². The molecule has 1 aliphatic rings. The van der Waals surface area contributed by atoms with Gasteiger partial charge in [-0.2, -0.15) is 0 Å². The van der Waals surface area contributed by atoms with Crippen LogP contribution in [0.1, 0.15) is 6.42 Å². The Balaban J connectivity index is 2.52.